The lowest BCUT2D eigenvalue weighted by atomic mass is 9.99. The summed E-state index contributed by atoms with van der Waals surface area (Å²) in [5.74, 6) is 0. The van der Waals surface area contributed by atoms with Gasteiger partial charge in [0.2, 0.25) is 0 Å². The van der Waals surface area contributed by atoms with Gasteiger partial charge in [-0.1, -0.05) is 55.7 Å². The Morgan fingerprint density at radius 2 is 1.77 bits per heavy atom. The van der Waals surface area contributed by atoms with Gasteiger partial charge in [-0.15, -0.1) is 11.8 Å². The number of rotatable bonds is 4. The van der Waals surface area contributed by atoms with Crippen molar-refractivity contribution in [3.8, 4) is 0 Å². The van der Waals surface area contributed by atoms with Crippen molar-refractivity contribution in [3.05, 3.63) is 59.3 Å². The van der Waals surface area contributed by atoms with Gasteiger partial charge in [-0.05, 0) is 37.0 Å². The smallest absolute Gasteiger partial charge is 0.0965 e. The van der Waals surface area contributed by atoms with Crippen molar-refractivity contribution in [1.82, 2.24) is 4.98 Å². The van der Waals surface area contributed by atoms with Crippen LogP contribution in [0.25, 0.3) is 0 Å². The molecular formula is C19H24N2S. The minimum atomic E-state index is -0.0950. The van der Waals surface area contributed by atoms with Crippen LogP contribution in [0.2, 0.25) is 0 Å². The third-order valence-corrected chi connectivity index (χ3v) is 5.71. The number of aromatic nitrogens is 1. The summed E-state index contributed by atoms with van der Waals surface area (Å²) in [5.41, 5.74) is 9.72. The molecule has 0 unspecified atom stereocenters. The number of nitrogens with zero attached hydrogens (tertiary/aromatic N) is 1. The highest BCUT2D eigenvalue weighted by molar-refractivity contribution is 7.99. The zero-order valence-electron chi connectivity index (χ0n) is 13.2. The van der Waals surface area contributed by atoms with Gasteiger partial charge >= 0.3 is 0 Å². The monoisotopic (exact) mass is 312 g/mol. The molecule has 22 heavy (non-hydrogen) atoms. The van der Waals surface area contributed by atoms with Gasteiger partial charge in [0.05, 0.1) is 11.1 Å². The molecule has 0 amide bonds. The number of aryl methyl sites for hydroxylation is 1. The van der Waals surface area contributed by atoms with Gasteiger partial charge in [0.25, 0.3) is 0 Å². The number of thioether (sulfide) groups is 1. The molecule has 1 aromatic carbocycles. The SMILES string of the molecule is Cc1nc(SC2CCCCC2)ccc1[C@H](N)c1ccccc1. The van der Waals surface area contributed by atoms with Crippen molar-refractivity contribution in [2.24, 2.45) is 5.73 Å². The van der Waals surface area contributed by atoms with E-state index in [9.17, 15) is 0 Å². The Balaban J connectivity index is 1.74. The lowest BCUT2D eigenvalue weighted by Crippen LogP contribution is -2.14. The standard InChI is InChI=1S/C19H24N2S/c1-14-17(19(20)15-8-4-2-5-9-15)12-13-18(21-14)22-16-10-6-3-7-11-16/h2,4-5,8-9,12-13,16,19H,3,6-7,10-11,20H2,1H3/t19-/m1/s1. The molecule has 3 rings (SSSR count). The third-order valence-electron chi connectivity index (χ3n) is 4.43. The maximum absolute atomic E-state index is 6.40. The minimum absolute atomic E-state index is 0.0950. The zero-order chi connectivity index (χ0) is 15.4. The van der Waals surface area contributed by atoms with Crippen molar-refractivity contribution in [2.75, 3.05) is 0 Å². The highest BCUT2D eigenvalue weighted by Crippen LogP contribution is 2.33. The first-order valence-electron chi connectivity index (χ1n) is 8.19. The van der Waals surface area contributed by atoms with Crippen LogP contribution in [-0.4, -0.2) is 10.2 Å². The van der Waals surface area contributed by atoms with E-state index in [-0.39, 0.29) is 6.04 Å². The van der Waals surface area contributed by atoms with Gasteiger partial charge < -0.3 is 5.73 Å². The first-order valence-corrected chi connectivity index (χ1v) is 9.07. The lowest BCUT2D eigenvalue weighted by molar-refractivity contribution is 0.515. The third kappa shape index (κ3) is 3.71. The topological polar surface area (TPSA) is 38.9 Å². The molecule has 1 aliphatic carbocycles. The summed E-state index contributed by atoms with van der Waals surface area (Å²) in [7, 11) is 0. The fourth-order valence-corrected chi connectivity index (χ4v) is 4.38. The van der Waals surface area contributed by atoms with Crippen molar-refractivity contribution in [1.29, 1.82) is 0 Å². The summed E-state index contributed by atoms with van der Waals surface area (Å²) in [6, 6.07) is 14.4. The van der Waals surface area contributed by atoms with E-state index >= 15 is 0 Å². The van der Waals surface area contributed by atoms with E-state index in [1.807, 2.05) is 30.0 Å². The lowest BCUT2D eigenvalue weighted by Gasteiger charge is -2.21. The van der Waals surface area contributed by atoms with Gasteiger partial charge in [0.1, 0.15) is 0 Å². The Kier molecular flexibility index (Phi) is 5.16. The van der Waals surface area contributed by atoms with Crippen LogP contribution in [0.3, 0.4) is 0 Å². The first-order chi connectivity index (χ1) is 10.7. The molecule has 1 heterocycles. The zero-order valence-corrected chi connectivity index (χ0v) is 14.0. The summed E-state index contributed by atoms with van der Waals surface area (Å²) < 4.78 is 0. The van der Waals surface area contributed by atoms with Gasteiger partial charge in [0, 0.05) is 10.9 Å². The van der Waals surface area contributed by atoms with Crippen LogP contribution >= 0.6 is 11.8 Å². The maximum Gasteiger partial charge on any atom is 0.0965 e. The number of benzene rings is 1. The highest BCUT2D eigenvalue weighted by Gasteiger charge is 2.17. The number of nitrogens with two attached hydrogens (primary N) is 1. The molecule has 0 radical (unpaired) electrons. The molecule has 3 heteroatoms. The molecule has 1 aliphatic rings. The summed E-state index contributed by atoms with van der Waals surface area (Å²) in [6.07, 6.45) is 6.79. The summed E-state index contributed by atoms with van der Waals surface area (Å²) >= 11 is 1.94. The van der Waals surface area contributed by atoms with E-state index in [0.29, 0.717) is 0 Å². The van der Waals surface area contributed by atoms with Crippen LogP contribution in [0.5, 0.6) is 0 Å². The maximum atomic E-state index is 6.40. The second kappa shape index (κ2) is 7.30. The molecule has 2 nitrogen and oxygen atoms in total. The normalized spacial score (nSPS) is 17.4. The number of hydrogen-bond donors (Lipinski definition) is 1. The van der Waals surface area contributed by atoms with Crippen molar-refractivity contribution < 1.29 is 0 Å². The Morgan fingerprint density at radius 1 is 1.05 bits per heavy atom. The minimum Gasteiger partial charge on any atom is -0.320 e. The first kappa shape index (κ1) is 15.6. The van der Waals surface area contributed by atoms with E-state index in [2.05, 4.69) is 31.2 Å². The predicted molar refractivity (Wildman–Crippen MR) is 94.2 cm³/mol. The molecule has 0 saturated heterocycles. The molecule has 1 fully saturated rings. The van der Waals surface area contributed by atoms with E-state index in [1.54, 1.807) is 0 Å². The Morgan fingerprint density at radius 3 is 2.45 bits per heavy atom. The van der Waals surface area contributed by atoms with Crippen molar-refractivity contribution in [3.63, 3.8) is 0 Å². The second-order valence-corrected chi connectivity index (χ2v) is 7.41. The van der Waals surface area contributed by atoms with E-state index in [0.717, 1.165) is 27.1 Å². The summed E-state index contributed by atoms with van der Waals surface area (Å²) in [6.45, 7) is 2.07. The Hall–Kier alpha value is -1.32. The molecule has 2 N–H and O–H groups in total. The average Bonchev–Trinajstić information content (AvgIpc) is 2.56. The molecular weight excluding hydrogens is 288 g/mol. The Bertz CT molecular complexity index is 606. The van der Waals surface area contributed by atoms with Gasteiger partial charge in [0.15, 0.2) is 0 Å². The van der Waals surface area contributed by atoms with Crippen LogP contribution < -0.4 is 5.73 Å². The summed E-state index contributed by atoms with van der Waals surface area (Å²) in [4.78, 5) is 4.80. The fourth-order valence-electron chi connectivity index (χ4n) is 3.14. The molecule has 1 atom stereocenters. The highest BCUT2D eigenvalue weighted by atomic mass is 32.2. The Labute approximate surface area is 137 Å². The predicted octanol–water partition coefficient (Wildman–Crippen LogP) is 4.86. The molecule has 0 bridgehead atoms. The van der Waals surface area contributed by atoms with Crippen molar-refractivity contribution >= 4 is 11.8 Å². The van der Waals surface area contributed by atoms with Gasteiger partial charge in [-0.25, -0.2) is 4.98 Å². The summed E-state index contributed by atoms with van der Waals surface area (Å²) in [5, 5.41) is 1.89. The average molecular weight is 312 g/mol. The van der Waals surface area contributed by atoms with Crippen molar-refractivity contribution in [2.45, 2.75) is 55.3 Å². The molecule has 1 saturated carbocycles. The second-order valence-electron chi connectivity index (χ2n) is 6.09. The van der Waals surface area contributed by atoms with Crippen LogP contribution in [0.4, 0.5) is 0 Å². The molecule has 2 aromatic rings. The van der Waals surface area contributed by atoms with Gasteiger partial charge in [-0.2, -0.15) is 0 Å². The largest absolute Gasteiger partial charge is 0.320 e. The van der Waals surface area contributed by atoms with Crippen LogP contribution in [-0.2, 0) is 0 Å². The fraction of sp³-hybridized carbons (Fsp3) is 0.421. The van der Waals surface area contributed by atoms with Crippen LogP contribution in [0, 0.1) is 6.92 Å². The van der Waals surface area contributed by atoms with E-state index < -0.39 is 0 Å². The molecule has 0 aliphatic heterocycles. The molecule has 1 aromatic heterocycles. The van der Waals surface area contributed by atoms with Crippen LogP contribution in [0.1, 0.15) is 55.0 Å². The number of pyridine rings is 1. The van der Waals surface area contributed by atoms with E-state index in [4.69, 9.17) is 10.7 Å². The quantitative estimate of drug-likeness (QED) is 0.876. The van der Waals surface area contributed by atoms with Crippen LogP contribution in [0.15, 0.2) is 47.5 Å². The van der Waals surface area contributed by atoms with E-state index in [1.165, 1.54) is 32.1 Å². The molecule has 0 spiro atoms. The molecule has 116 valence electrons. The number of hydrogen-bond acceptors (Lipinski definition) is 3. The van der Waals surface area contributed by atoms with Gasteiger partial charge in [-0.3, -0.25) is 0 Å².